The minimum absolute atomic E-state index is 0.0585. The predicted octanol–water partition coefficient (Wildman–Crippen LogP) is 6.14. The van der Waals surface area contributed by atoms with Crippen molar-refractivity contribution in [1.29, 1.82) is 0 Å². The van der Waals surface area contributed by atoms with Gasteiger partial charge < -0.3 is 10.5 Å². The average molecular weight is 332 g/mol. The van der Waals surface area contributed by atoms with Crippen LogP contribution in [0.25, 0.3) is 0 Å². The Hall–Kier alpha value is -0.440. The van der Waals surface area contributed by atoms with Crippen LogP contribution in [0.15, 0.2) is 12.1 Å². The first-order chi connectivity index (χ1) is 10.1. The Labute approximate surface area is 139 Å². The number of ether oxygens (including phenoxy) is 1. The van der Waals surface area contributed by atoms with E-state index < -0.39 is 0 Å². The number of hydrogen-bond acceptors (Lipinski definition) is 2. The van der Waals surface area contributed by atoms with Gasteiger partial charge in [0.15, 0.2) is 0 Å². The van der Waals surface area contributed by atoms with E-state index in [1.54, 1.807) is 6.07 Å². The molecule has 1 aromatic carbocycles. The SMILES string of the molecule is CCCCCCCCC(N)c1cc(Cl)c(OCC)cc1Cl. The largest absolute Gasteiger partial charge is 0.492 e. The summed E-state index contributed by atoms with van der Waals surface area (Å²) in [5.41, 5.74) is 7.16. The molecule has 4 heteroatoms. The van der Waals surface area contributed by atoms with E-state index in [2.05, 4.69) is 6.92 Å². The van der Waals surface area contributed by atoms with E-state index in [0.29, 0.717) is 22.4 Å². The van der Waals surface area contributed by atoms with Gasteiger partial charge in [-0.05, 0) is 25.0 Å². The molecule has 2 N–H and O–H groups in total. The Kier molecular flexibility index (Phi) is 9.14. The quantitative estimate of drug-likeness (QED) is 0.522. The molecule has 0 heterocycles. The predicted molar refractivity (Wildman–Crippen MR) is 92.6 cm³/mol. The van der Waals surface area contributed by atoms with E-state index in [4.69, 9.17) is 33.7 Å². The average Bonchev–Trinajstić information content (AvgIpc) is 2.46. The van der Waals surface area contributed by atoms with Gasteiger partial charge in [0.1, 0.15) is 5.75 Å². The molecule has 0 radical (unpaired) electrons. The summed E-state index contributed by atoms with van der Waals surface area (Å²) in [5.74, 6) is 0.625. The van der Waals surface area contributed by atoms with E-state index in [1.807, 2.05) is 13.0 Å². The van der Waals surface area contributed by atoms with Gasteiger partial charge in [-0.3, -0.25) is 0 Å². The van der Waals surface area contributed by atoms with Crippen LogP contribution in [0, 0.1) is 0 Å². The molecule has 0 amide bonds. The standard InChI is InChI=1S/C17H27Cl2NO/c1-3-5-6-7-8-9-10-16(20)13-11-15(19)17(21-4-2)12-14(13)18/h11-12,16H,3-10,20H2,1-2H3. The molecule has 0 bridgehead atoms. The van der Waals surface area contributed by atoms with Crippen LogP contribution in [0.2, 0.25) is 10.0 Å². The summed E-state index contributed by atoms with van der Waals surface area (Å²) in [5, 5.41) is 1.22. The summed E-state index contributed by atoms with van der Waals surface area (Å²) in [7, 11) is 0. The van der Waals surface area contributed by atoms with Crippen LogP contribution in [-0.2, 0) is 0 Å². The number of benzene rings is 1. The van der Waals surface area contributed by atoms with Gasteiger partial charge in [0.2, 0.25) is 0 Å². The molecule has 1 rings (SSSR count). The first-order valence-corrected chi connectivity index (χ1v) is 8.73. The monoisotopic (exact) mass is 331 g/mol. The van der Waals surface area contributed by atoms with Gasteiger partial charge in [-0.15, -0.1) is 0 Å². The van der Waals surface area contributed by atoms with Crippen molar-refractivity contribution in [2.24, 2.45) is 5.73 Å². The minimum Gasteiger partial charge on any atom is -0.492 e. The lowest BCUT2D eigenvalue weighted by Crippen LogP contribution is -2.11. The number of rotatable bonds is 10. The number of unbranched alkanes of at least 4 members (excludes halogenated alkanes) is 5. The molecule has 0 saturated carbocycles. The highest BCUT2D eigenvalue weighted by Crippen LogP contribution is 2.34. The van der Waals surface area contributed by atoms with E-state index in [0.717, 1.165) is 18.4 Å². The molecule has 1 atom stereocenters. The molecule has 0 aromatic heterocycles. The van der Waals surface area contributed by atoms with Gasteiger partial charge in [0.05, 0.1) is 11.6 Å². The summed E-state index contributed by atoms with van der Waals surface area (Å²) in [6.07, 6.45) is 8.52. The number of nitrogens with two attached hydrogens (primary N) is 1. The highest BCUT2D eigenvalue weighted by Gasteiger charge is 2.14. The van der Waals surface area contributed by atoms with Crippen LogP contribution < -0.4 is 10.5 Å². The highest BCUT2D eigenvalue weighted by molar-refractivity contribution is 6.34. The number of halogens is 2. The fraction of sp³-hybridized carbons (Fsp3) is 0.647. The Morgan fingerprint density at radius 3 is 2.33 bits per heavy atom. The van der Waals surface area contributed by atoms with Crippen LogP contribution >= 0.6 is 23.2 Å². The van der Waals surface area contributed by atoms with E-state index in [1.165, 1.54) is 32.1 Å². The zero-order chi connectivity index (χ0) is 15.7. The Morgan fingerprint density at radius 1 is 1.00 bits per heavy atom. The van der Waals surface area contributed by atoms with Crippen LogP contribution in [0.4, 0.5) is 0 Å². The van der Waals surface area contributed by atoms with Crippen LogP contribution in [0.1, 0.15) is 70.4 Å². The van der Waals surface area contributed by atoms with Crippen molar-refractivity contribution in [3.8, 4) is 5.75 Å². The third-order valence-corrected chi connectivity index (χ3v) is 4.24. The molecular weight excluding hydrogens is 305 g/mol. The molecule has 21 heavy (non-hydrogen) atoms. The zero-order valence-electron chi connectivity index (χ0n) is 13.1. The molecular formula is C17H27Cl2NO. The van der Waals surface area contributed by atoms with Crippen molar-refractivity contribution in [1.82, 2.24) is 0 Å². The third-order valence-electron chi connectivity index (χ3n) is 3.62. The molecule has 0 aliphatic rings. The molecule has 0 spiro atoms. The first-order valence-electron chi connectivity index (χ1n) is 7.97. The molecule has 1 unspecified atom stereocenters. The van der Waals surface area contributed by atoms with Crippen molar-refractivity contribution in [2.75, 3.05) is 6.61 Å². The van der Waals surface area contributed by atoms with E-state index in [-0.39, 0.29) is 6.04 Å². The fourth-order valence-corrected chi connectivity index (χ4v) is 2.91. The molecule has 2 nitrogen and oxygen atoms in total. The molecule has 0 aliphatic heterocycles. The summed E-state index contributed by atoms with van der Waals surface area (Å²) >= 11 is 12.5. The lowest BCUT2D eigenvalue weighted by atomic mass is 10.00. The summed E-state index contributed by atoms with van der Waals surface area (Å²) in [4.78, 5) is 0. The van der Waals surface area contributed by atoms with E-state index in [9.17, 15) is 0 Å². The lowest BCUT2D eigenvalue weighted by Gasteiger charge is -2.16. The minimum atomic E-state index is -0.0585. The van der Waals surface area contributed by atoms with Gasteiger partial charge in [-0.1, -0.05) is 68.7 Å². The normalized spacial score (nSPS) is 12.4. The zero-order valence-corrected chi connectivity index (χ0v) is 14.6. The summed E-state index contributed by atoms with van der Waals surface area (Å²) in [6, 6.07) is 3.55. The highest BCUT2D eigenvalue weighted by atomic mass is 35.5. The molecule has 0 saturated heterocycles. The lowest BCUT2D eigenvalue weighted by molar-refractivity contribution is 0.340. The Morgan fingerprint density at radius 2 is 1.67 bits per heavy atom. The summed E-state index contributed by atoms with van der Waals surface area (Å²) in [6.45, 7) is 4.72. The van der Waals surface area contributed by atoms with Gasteiger partial charge in [-0.2, -0.15) is 0 Å². The second-order valence-corrected chi connectivity index (χ2v) is 6.21. The van der Waals surface area contributed by atoms with Gasteiger partial charge >= 0.3 is 0 Å². The maximum atomic E-state index is 6.29. The molecule has 1 aromatic rings. The third kappa shape index (κ3) is 6.46. The Balaban J connectivity index is 2.50. The van der Waals surface area contributed by atoms with Crippen molar-refractivity contribution in [3.63, 3.8) is 0 Å². The molecule has 0 aliphatic carbocycles. The smallest absolute Gasteiger partial charge is 0.139 e. The second-order valence-electron chi connectivity index (χ2n) is 5.40. The first kappa shape index (κ1) is 18.6. The fourth-order valence-electron chi connectivity index (χ4n) is 2.39. The maximum absolute atomic E-state index is 6.29. The van der Waals surface area contributed by atoms with Gasteiger partial charge in [0.25, 0.3) is 0 Å². The maximum Gasteiger partial charge on any atom is 0.139 e. The summed E-state index contributed by atoms with van der Waals surface area (Å²) < 4.78 is 5.43. The van der Waals surface area contributed by atoms with Crippen molar-refractivity contribution in [2.45, 2.75) is 64.8 Å². The van der Waals surface area contributed by atoms with Gasteiger partial charge in [0, 0.05) is 17.1 Å². The van der Waals surface area contributed by atoms with E-state index >= 15 is 0 Å². The van der Waals surface area contributed by atoms with Gasteiger partial charge in [-0.25, -0.2) is 0 Å². The van der Waals surface area contributed by atoms with Crippen molar-refractivity contribution in [3.05, 3.63) is 27.7 Å². The van der Waals surface area contributed by atoms with Crippen molar-refractivity contribution < 1.29 is 4.74 Å². The van der Waals surface area contributed by atoms with Crippen LogP contribution in [-0.4, -0.2) is 6.61 Å². The van der Waals surface area contributed by atoms with Crippen LogP contribution in [0.5, 0.6) is 5.75 Å². The Bertz CT molecular complexity index is 423. The second kappa shape index (κ2) is 10.3. The molecule has 120 valence electrons. The topological polar surface area (TPSA) is 35.2 Å². The molecule has 0 fully saturated rings. The number of hydrogen-bond donors (Lipinski definition) is 1. The van der Waals surface area contributed by atoms with Crippen molar-refractivity contribution >= 4 is 23.2 Å². The van der Waals surface area contributed by atoms with Crippen LogP contribution in [0.3, 0.4) is 0 Å².